The maximum atomic E-state index is 5.78. The molecule has 0 radical (unpaired) electrons. The van der Waals surface area contributed by atoms with Crippen LogP contribution in [0.1, 0.15) is 24.0 Å². The average Bonchev–Trinajstić information content (AvgIpc) is 2.41. The monoisotopic (exact) mass is 311 g/mol. The van der Waals surface area contributed by atoms with Crippen molar-refractivity contribution in [1.29, 1.82) is 0 Å². The molecule has 0 aliphatic carbocycles. The molecule has 1 fully saturated rings. The fraction of sp³-hybridized carbons (Fsp3) is 0.600. The number of hydrogen-bond donors (Lipinski definition) is 0. The van der Waals surface area contributed by atoms with Crippen molar-refractivity contribution >= 4 is 15.9 Å². The zero-order valence-electron chi connectivity index (χ0n) is 11.1. The molecule has 100 valence electrons. The molecular formula is C15H22BrNO. The Kier molecular flexibility index (Phi) is 5.67. The summed E-state index contributed by atoms with van der Waals surface area (Å²) in [6, 6.07) is 8.68. The van der Waals surface area contributed by atoms with Crippen LogP contribution in [0.2, 0.25) is 0 Å². The number of alkyl halides is 1. The van der Waals surface area contributed by atoms with Crippen LogP contribution in [0.5, 0.6) is 0 Å². The van der Waals surface area contributed by atoms with Gasteiger partial charge in [-0.2, -0.15) is 0 Å². The second-order valence-electron chi connectivity index (χ2n) is 4.96. The lowest BCUT2D eigenvalue weighted by molar-refractivity contribution is 0.0141. The topological polar surface area (TPSA) is 12.5 Å². The van der Waals surface area contributed by atoms with E-state index < -0.39 is 0 Å². The normalized spacial score (nSPS) is 18.1. The summed E-state index contributed by atoms with van der Waals surface area (Å²) in [5, 5.41) is 0.941. The molecule has 0 saturated carbocycles. The van der Waals surface area contributed by atoms with Crippen LogP contribution >= 0.6 is 15.9 Å². The van der Waals surface area contributed by atoms with E-state index in [1.165, 1.54) is 24.0 Å². The third-order valence-electron chi connectivity index (χ3n) is 3.62. The summed E-state index contributed by atoms with van der Waals surface area (Å²) >= 11 is 3.40. The predicted molar refractivity (Wildman–Crippen MR) is 79.2 cm³/mol. The smallest absolute Gasteiger partial charge is 0.0599 e. The molecule has 3 heteroatoms. The van der Waals surface area contributed by atoms with Gasteiger partial charge in [-0.1, -0.05) is 40.2 Å². The first kappa shape index (κ1) is 14.0. The molecule has 0 unspecified atom stereocenters. The van der Waals surface area contributed by atoms with Gasteiger partial charge in [-0.3, -0.25) is 4.90 Å². The lowest BCUT2D eigenvalue weighted by atomic mass is 10.0. The molecule has 1 aliphatic rings. The third-order valence-corrected chi connectivity index (χ3v) is 3.94. The Morgan fingerprint density at radius 3 is 2.67 bits per heavy atom. The summed E-state index contributed by atoms with van der Waals surface area (Å²) in [6.07, 6.45) is 2.80. The molecule has 1 saturated heterocycles. The second-order valence-corrected chi connectivity index (χ2v) is 5.75. The van der Waals surface area contributed by atoms with Gasteiger partial charge < -0.3 is 4.74 Å². The van der Waals surface area contributed by atoms with E-state index in [9.17, 15) is 0 Å². The van der Waals surface area contributed by atoms with Crippen LogP contribution in [-0.4, -0.2) is 36.0 Å². The van der Waals surface area contributed by atoms with Gasteiger partial charge in [-0.15, -0.1) is 0 Å². The molecule has 0 atom stereocenters. The predicted octanol–water partition coefficient (Wildman–Crippen LogP) is 3.37. The largest absolute Gasteiger partial charge is 0.377 e. The van der Waals surface area contributed by atoms with Gasteiger partial charge in [-0.25, -0.2) is 0 Å². The highest BCUT2D eigenvalue weighted by Gasteiger charge is 2.19. The highest BCUT2D eigenvalue weighted by molar-refractivity contribution is 9.09. The fourth-order valence-corrected chi connectivity index (χ4v) is 2.66. The minimum Gasteiger partial charge on any atom is -0.377 e. The van der Waals surface area contributed by atoms with Crippen molar-refractivity contribution in [2.45, 2.75) is 32.4 Å². The molecule has 2 nitrogen and oxygen atoms in total. The lowest BCUT2D eigenvalue weighted by Crippen LogP contribution is -2.36. The van der Waals surface area contributed by atoms with Crippen LogP contribution in [0.3, 0.4) is 0 Å². The second kappa shape index (κ2) is 7.27. The van der Waals surface area contributed by atoms with E-state index in [2.05, 4.69) is 52.0 Å². The minimum atomic E-state index is 0.468. The molecule has 18 heavy (non-hydrogen) atoms. The standard InChI is InChI=1S/C15H22BrNO/c1-13-4-2-3-5-14(13)12-17-9-6-15(7-10-17)18-11-8-16/h2-5,15H,6-12H2,1H3. The van der Waals surface area contributed by atoms with Gasteiger partial charge in [-0.05, 0) is 30.9 Å². The molecule has 1 aliphatic heterocycles. The first-order chi connectivity index (χ1) is 8.79. The Balaban J connectivity index is 1.78. The number of rotatable bonds is 5. The van der Waals surface area contributed by atoms with E-state index in [4.69, 9.17) is 4.74 Å². The molecule has 1 aromatic rings. The molecule has 0 aromatic heterocycles. The molecule has 2 rings (SSSR count). The molecule has 0 amide bonds. The van der Waals surface area contributed by atoms with Gasteiger partial charge >= 0.3 is 0 Å². The highest BCUT2D eigenvalue weighted by Crippen LogP contribution is 2.17. The number of halogens is 1. The average molecular weight is 312 g/mol. The summed E-state index contributed by atoms with van der Waals surface area (Å²) < 4.78 is 5.78. The fourth-order valence-electron chi connectivity index (χ4n) is 2.47. The van der Waals surface area contributed by atoms with Crippen LogP contribution in [-0.2, 0) is 11.3 Å². The number of ether oxygens (including phenoxy) is 1. The van der Waals surface area contributed by atoms with E-state index in [-0.39, 0.29) is 0 Å². The SMILES string of the molecule is Cc1ccccc1CN1CCC(OCCBr)CC1. The van der Waals surface area contributed by atoms with Crippen LogP contribution < -0.4 is 0 Å². The van der Waals surface area contributed by atoms with Crippen molar-refractivity contribution in [1.82, 2.24) is 4.90 Å². The summed E-state index contributed by atoms with van der Waals surface area (Å²) in [5.74, 6) is 0. The zero-order valence-corrected chi connectivity index (χ0v) is 12.7. The van der Waals surface area contributed by atoms with E-state index in [0.29, 0.717) is 6.10 Å². The maximum absolute atomic E-state index is 5.78. The Bertz CT molecular complexity index is 361. The molecule has 0 bridgehead atoms. The van der Waals surface area contributed by atoms with Crippen LogP contribution in [0.15, 0.2) is 24.3 Å². The van der Waals surface area contributed by atoms with Crippen molar-refractivity contribution < 1.29 is 4.74 Å². The van der Waals surface area contributed by atoms with E-state index in [0.717, 1.165) is 31.6 Å². The van der Waals surface area contributed by atoms with E-state index >= 15 is 0 Å². The van der Waals surface area contributed by atoms with Crippen molar-refractivity contribution in [2.24, 2.45) is 0 Å². The van der Waals surface area contributed by atoms with Gasteiger partial charge in [0.15, 0.2) is 0 Å². The lowest BCUT2D eigenvalue weighted by Gasteiger charge is -2.32. The summed E-state index contributed by atoms with van der Waals surface area (Å²) in [5.41, 5.74) is 2.85. The maximum Gasteiger partial charge on any atom is 0.0599 e. The summed E-state index contributed by atoms with van der Waals surface area (Å²) in [4.78, 5) is 2.54. The Hall–Kier alpha value is -0.380. The molecule has 0 spiro atoms. The number of piperidine rings is 1. The Morgan fingerprint density at radius 1 is 1.28 bits per heavy atom. The van der Waals surface area contributed by atoms with Crippen molar-refractivity contribution in [3.63, 3.8) is 0 Å². The van der Waals surface area contributed by atoms with E-state index in [1.54, 1.807) is 0 Å². The highest BCUT2D eigenvalue weighted by atomic mass is 79.9. The van der Waals surface area contributed by atoms with Crippen molar-refractivity contribution in [3.05, 3.63) is 35.4 Å². The zero-order chi connectivity index (χ0) is 12.8. The number of hydrogen-bond acceptors (Lipinski definition) is 2. The Labute approximate surface area is 118 Å². The molecule has 0 N–H and O–H groups in total. The summed E-state index contributed by atoms with van der Waals surface area (Å²) in [7, 11) is 0. The van der Waals surface area contributed by atoms with Crippen molar-refractivity contribution in [3.8, 4) is 0 Å². The molecule has 1 heterocycles. The van der Waals surface area contributed by atoms with Gasteiger partial charge in [0.2, 0.25) is 0 Å². The van der Waals surface area contributed by atoms with Gasteiger partial charge in [0.1, 0.15) is 0 Å². The van der Waals surface area contributed by atoms with Crippen molar-refractivity contribution in [2.75, 3.05) is 25.0 Å². The molecule has 1 aromatic carbocycles. The van der Waals surface area contributed by atoms with Gasteiger partial charge in [0, 0.05) is 25.0 Å². The number of likely N-dealkylation sites (tertiary alicyclic amines) is 1. The van der Waals surface area contributed by atoms with Crippen LogP contribution in [0.4, 0.5) is 0 Å². The van der Waals surface area contributed by atoms with Gasteiger partial charge in [0.05, 0.1) is 12.7 Å². The van der Waals surface area contributed by atoms with Gasteiger partial charge in [0.25, 0.3) is 0 Å². The number of benzene rings is 1. The third kappa shape index (κ3) is 4.08. The minimum absolute atomic E-state index is 0.468. The first-order valence-electron chi connectivity index (χ1n) is 6.74. The quantitative estimate of drug-likeness (QED) is 0.773. The summed E-state index contributed by atoms with van der Waals surface area (Å²) in [6.45, 7) is 6.42. The van der Waals surface area contributed by atoms with Crippen LogP contribution in [0.25, 0.3) is 0 Å². The van der Waals surface area contributed by atoms with Crippen LogP contribution in [0, 0.1) is 6.92 Å². The molecular weight excluding hydrogens is 290 g/mol. The Morgan fingerprint density at radius 2 is 2.00 bits per heavy atom. The first-order valence-corrected chi connectivity index (χ1v) is 7.86. The number of aryl methyl sites for hydroxylation is 1. The number of nitrogens with zero attached hydrogens (tertiary/aromatic N) is 1. The van der Waals surface area contributed by atoms with E-state index in [1.807, 2.05) is 0 Å².